The number of likely N-dealkylation sites (N-methyl/N-ethyl adjacent to an activating group) is 1. The molecule has 0 fully saturated rings. The summed E-state index contributed by atoms with van der Waals surface area (Å²) in [6.07, 6.45) is 1.09. The molecular formula is C11H19N3O3S2. The predicted molar refractivity (Wildman–Crippen MR) is 78.9 cm³/mol. The van der Waals surface area contributed by atoms with Gasteiger partial charge in [-0.25, -0.2) is 8.42 Å². The highest BCUT2D eigenvalue weighted by Crippen LogP contribution is 2.39. The summed E-state index contributed by atoms with van der Waals surface area (Å²) < 4.78 is 23.5. The molecule has 1 aromatic rings. The molecule has 0 atom stereocenters. The molecule has 3 N–H and O–H groups in total. The minimum Gasteiger partial charge on any atom is -0.396 e. The van der Waals surface area contributed by atoms with Crippen LogP contribution in [0.2, 0.25) is 0 Å². The molecule has 6 nitrogen and oxygen atoms in total. The molecule has 0 unspecified atom stereocenters. The van der Waals surface area contributed by atoms with Gasteiger partial charge in [0.05, 0.1) is 10.6 Å². The van der Waals surface area contributed by atoms with Gasteiger partial charge < -0.3 is 16.0 Å². The molecule has 1 heterocycles. The quantitative estimate of drug-likeness (QED) is 0.759. The fourth-order valence-electron chi connectivity index (χ4n) is 1.57. The van der Waals surface area contributed by atoms with E-state index >= 15 is 0 Å². The van der Waals surface area contributed by atoms with Crippen molar-refractivity contribution in [3.63, 3.8) is 0 Å². The molecule has 0 aromatic carbocycles. The molecule has 8 heteroatoms. The summed E-state index contributed by atoms with van der Waals surface area (Å²) in [5.74, 6) is -0.229. The van der Waals surface area contributed by atoms with E-state index in [9.17, 15) is 13.2 Å². The van der Waals surface area contributed by atoms with E-state index in [4.69, 9.17) is 5.73 Å². The minimum absolute atomic E-state index is 0.0291. The van der Waals surface area contributed by atoms with Gasteiger partial charge in [-0.2, -0.15) is 0 Å². The monoisotopic (exact) mass is 305 g/mol. The number of Topliss-reactive ketones (excluding diaryl/α,β-unsaturated/α-hetero) is 1. The highest BCUT2D eigenvalue weighted by atomic mass is 32.2. The molecule has 0 spiro atoms. The summed E-state index contributed by atoms with van der Waals surface area (Å²) in [7, 11) is 0.369. The zero-order chi connectivity index (χ0) is 14.8. The van der Waals surface area contributed by atoms with Crippen molar-refractivity contribution in [1.29, 1.82) is 0 Å². The molecule has 0 saturated carbocycles. The number of anilines is 2. The van der Waals surface area contributed by atoms with Crippen molar-refractivity contribution < 1.29 is 13.2 Å². The maximum Gasteiger partial charge on any atom is 0.180 e. The van der Waals surface area contributed by atoms with E-state index in [1.165, 1.54) is 6.92 Å². The summed E-state index contributed by atoms with van der Waals surface area (Å²) in [6.45, 7) is 2.70. The Balaban J connectivity index is 3.15. The van der Waals surface area contributed by atoms with Crippen LogP contribution in [0.1, 0.15) is 16.6 Å². The lowest BCUT2D eigenvalue weighted by atomic mass is 10.3. The van der Waals surface area contributed by atoms with Crippen LogP contribution < -0.4 is 11.1 Å². The fourth-order valence-corrected chi connectivity index (χ4v) is 4.06. The smallest absolute Gasteiger partial charge is 0.180 e. The first-order valence-corrected chi connectivity index (χ1v) is 8.37. The van der Waals surface area contributed by atoms with Crippen LogP contribution in [0.4, 0.5) is 10.7 Å². The van der Waals surface area contributed by atoms with Crippen molar-refractivity contribution in [2.75, 3.05) is 44.5 Å². The molecule has 0 amide bonds. The summed E-state index contributed by atoms with van der Waals surface area (Å²) in [4.78, 5) is 13.7. The lowest BCUT2D eigenvalue weighted by Gasteiger charge is -2.11. The predicted octanol–water partition coefficient (Wildman–Crippen LogP) is 0.910. The van der Waals surface area contributed by atoms with Gasteiger partial charge in [-0.05, 0) is 14.1 Å². The van der Waals surface area contributed by atoms with Gasteiger partial charge in [0, 0.05) is 26.3 Å². The molecular weight excluding hydrogens is 286 g/mol. The van der Waals surface area contributed by atoms with E-state index < -0.39 is 9.84 Å². The first-order chi connectivity index (χ1) is 8.64. The number of hydrogen-bond donors (Lipinski definition) is 2. The van der Waals surface area contributed by atoms with Crippen LogP contribution in [0.3, 0.4) is 0 Å². The molecule has 0 radical (unpaired) electrons. The van der Waals surface area contributed by atoms with E-state index in [0.717, 1.165) is 24.1 Å². The van der Waals surface area contributed by atoms with Crippen LogP contribution in [0.15, 0.2) is 4.90 Å². The van der Waals surface area contributed by atoms with Gasteiger partial charge in [0.2, 0.25) is 0 Å². The zero-order valence-corrected chi connectivity index (χ0v) is 13.1. The number of nitrogens with zero attached hydrogens (tertiary/aromatic N) is 1. The third-order valence-electron chi connectivity index (χ3n) is 2.43. The Morgan fingerprint density at radius 1 is 1.42 bits per heavy atom. The van der Waals surface area contributed by atoms with Gasteiger partial charge in [-0.3, -0.25) is 4.79 Å². The number of ketones is 1. The molecule has 0 saturated heterocycles. The van der Waals surface area contributed by atoms with Gasteiger partial charge in [-0.1, -0.05) is 0 Å². The highest BCUT2D eigenvalue weighted by Gasteiger charge is 2.25. The minimum atomic E-state index is -3.47. The normalized spacial score (nSPS) is 11.8. The standard InChI is InChI=1S/C11H19N3O3S2/c1-7(15)9-8(12)10(19(4,16)17)11(18-9)13-5-6-14(2)3/h13H,5-6,12H2,1-4H3. The van der Waals surface area contributed by atoms with Crippen LogP contribution in [0, 0.1) is 0 Å². The van der Waals surface area contributed by atoms with Gasteiger partial charge in [0.25, 0.3) is 0 Å². The van der Waals surface area contributed by atoms with E-state index in [1.54, 1.807) is 0 Å². The lowest BCUT2D eigenvalue weighted by molar-refractivity contribution is 0.102. The molecule has 0 bridgehead atoms. The maximum atomic E-state index is 11.8. The molecule has 1 aromatic heterocycles. The topological polar surface area (TPSA) is 92.5 Å². The number of carbonyl (C=O) groups is 1. The lowest BCUT2D eigenvalue weighted by Crippen LogP contribution is -2.21. The van der Waals surface area contributed by atoms with Crippen LogP contribution in [-0.4, -0.2) is 52.5 Å². The number of rotatable bonds is 6. The fraction of sp³-hybridized carbons (Fsp3) is 0.545. The Kier molecular flexibility index (Phi) is 4.94. The second-order valence-corrected chi connectivity index (χ2v) is 7.53. The van der Waals surface area contributed by atoms with E-state index in [0.29, 0.717) is 11.5 Å². The average molecular weight is 305 g/mol. The highest BCUT2D eigenvalue weighted by molar-refractivity contribution is 7.91. The van der Waals surface area contributed by atoms with Crippen LogP contribution >= 0.6 is 11.3 Å². The number of carbonyl (C=O) groups excluding carboxylic acids is 1. The van der Waals surface area contributed by atoms with Crippen molar-refractivity contribution >= 4 is 37.6 Å². The molecule has 19 heavy (non-hydrogen) atoms. The first-order valence-electron chi connectivity index (χ1n) is 5.66. The third kappa shape index (κ3) is 3.92. The van der Waals surface area contributed by atoms with Gasteiger partial charge in [-0.15, -0.1) is 11.3 Å². The van der Waals surface area contributed by atoms with Gasteiger partial charge in [0.1, 0.15) is 9.90 Å². The summed E-state index contributed by atoms with van der Waals surface area (Å²) in [5.41, 5.74) is 5.83. The number of thiophene rings is 1. The Morgan fingerprint density at radius 2 is 2.00 bits per heavy atom. The third-order valence-corrected chi connectivity index (χ3v) is 4.99. The van der Waals surface area contributed by atoms with Crippen LogP contribution in [0.25, 0.3) is 0 Å². The van der Waals surface area contributed by atoms with E-state index in [1.807, 2.05) is 19.0 Å². The summed E-state index contributed by atoms with van der Waals surface area (Å²) in [5, 5.41) is 3.47. The van der Waals surface area contributed by atoms with Crippen molar-refractivity contribution in [3.8, 4) is 0 Å². The number of nitrogens with one attached hydrogen (secondary N) is 1. The van der Waals surface area contributed by atoms with Crippen LogP contribution in [-0.2, 0) is 9.84 Å². The summed E-state index contributed by atoms with van der Waals surface area (Å²) >= 11 is 1.09. The number of sulfone groups is 1. The van der Waals surface area contributed by atoms with Gasteiger partial charge >= 0.3 is 0 Å². The first kappa shape index (κ1) is 15.9. The average Bonchev–Trinajstić information content (AvgIpc) is 2.54. The maximum absolute atomic E-state index is 11.8. The zero-order valence-electron chi connectivity index (χ0n) is 11.5. The molecule has 108 valence electrons. The van der Waals surface area contributed by atoms with Crippen molar-refractivity contribution in [3.05, 3.63) is 4.88 Å². The second kappa shape index (κ2) is 5.89. The van der Waals surface area contributed by atoms with Gasteiger partial charge in [0.15, 0.2) is 15.6 Å². The Labute approximate surface area is 117 Å². The molecule has 0 aliphatic carbocycles. The van der Waals surface area contributed by atoms with Crippen LogP contribution in [0.5, 0.6) is 0 Å². The second-order valence-electron chi connectivity index (χ2n) is 4.56. The van der Waals surface area contributed by atoms with E-state index in [2.05, 4.69) is 5.32 Å². The van der Waals surface area contributed by atoms with Crippen molar-refractivity contribution in [2.24, 2.45) is 0 Å². The number of nitrogens with two attached hydrogens (primary N) is 1. The summed E-state index contributed by atoms with van der Waals surface area (Å²) in [6, 6.07) is 0. The SMILES string of the molecule is CC(=O)c1sc(NCCN(C)C)c(S(C)(=O)=O)c1N. The van der Waals surface area contributed by atoms with Crippen molar-refractivity contribution in [1.82, 2.24) is 4.90 Å². The van der Waals surface area contributed by atoms with E-state index in [-0.39, 0.29) is 21.2 Å². The van der Waals surface area contributed by atoms with Crippen molar-refractivity contribution in [2.45, 2.75) is 11.8 Å². The Bertz CT molecular complexity index is 576. The number of nitrogen functional groups attached to an aromatic ring is 1. The molecule has 1 rings (SSSR count). The Hall–Kier alpha value is -1.12. The molecule has 0 aliphatic heterocycles. The molecule has 0 aliphatic rings. The largest absolute Gasteiger partial charge is 0.396 e. The Morgan fingerprint density at radius 3 is 2.42 bits per heavy atom. The number of hydrogen-bond acceptors (Lipinski definition) is 7.